The topological polar surface area (TPSA) is 88.9 Å². The Balaban J connectivity index is 1.38. The van der Waals surface area contributed by atoms with Gasteiger partial charge in [0.25, 0.3) is 5.91 Å². The number of benzene rings is 3. The van der Waals surface area contributed by atoms with Crippen molar-refractivity contribution in [2.45, 2.75) is 12.1 Å². The van der Waals surface area contributed by atoms with E-state index in [-0.39, 0.29) is 17.6 Å². The third-order valence-electron chi connectivity index (χ3n) is 5.16. The molecule has 0 aliphatic heterocycles. The maximum absolute atomic E-state index is 12.5. The molecule has 0 unspecified atom stereocenters. The SMILES string of the molecule is Cc1ccc(Cl)cc1NC(=O)CSc1nnc(-c2ccc(NC(=O)c3ccccc3Br)cc2)n1C. The van der Waals surface area contributed by atoms with Crippen molar-refractivity contribution in [3.8, 4) is 11.4 Å². The number of rotatable bonds is 7. The predicted octanol–water partition coefficient (Wildman–Crippen LogP) is 6.19. The van der Waals surface area contributed by atoms with Crippen molar-refractivity contribution in [1.29, 1.82) is 0 Å². The molecule has 2 amide bonds. The van der Waals surface area contributed by atoms with E-state index < -0.39 is 0 Å². The van der Waals surface area contributed by atoms with E-state index in [1.165, 1.54) is 11.8 Å². The van der Waals surface area contributed by atoms with E-state index in [1.54, 1.807) is 18.2 Å². The van der Waals surface area contributed by atoms with Crippen LogP contribution in [0.3, 0.4) is 0 Å². The molecule has 2 N–H and O–H groups in total. The third kappa shape index (κ3) is 6.11. The smallest absolute Gasteiger partial charge is 0.256 e. The standard InChI is InChI=1S/C25H21BrClN5O2S/c1-15-7-10-17(27)13-21(15)29-22(33)14-35-25-31-30-23(32(25)2)16-8-11-18(12-9-16)28-24(34)19-5-3-4-6-20(19)26/h3-13H,14H2,1-2H3,(H,28,34)(H,29,33). The molecule has 7 nitrogen and oxygen atoms in total. The molecule has 4 rings (SSSR count). The lowest BCUT2D eigenvalue weighted by atomic mass is 10.1. The van der Waals surface area contributed by atoms with Gasteiger partial charge in [0.15, 0.2) is 11.0 Å². The van der Waals surface area contributed by atoms with Crippen molar-refractivity contribution in [2.24, 2.45) is 7.05 Å². The molecule has 1 aromatic heterocycles. The molecule has 0 atom stereocenters. The van der Waals surface area contributed by atoms with Crippen molar-refractivity contribution in [3.63, 3.8) is 0 Å². The summed E-state index contributed by atoms with van der Waals surface area (Å²) in [5.74, 6) is 0.476. The van der Waals surface area contributed by atoms with Crippen LogP contribution < -0.4 is 10.6 Å². The first-order valence-corrected chi connectivity index (χ1v) is 12.7. The highest BCUT2D eigenvalue weighted by molar-refractivity contribution is 9.10. The van der Waals surface area contributed by atoms with Crippen molar-refractivity contribution < 1.29 is 9.59 Å². The van der Waals surface area contributed by atoms with Gasteiger partial charge in [-0.15, -0.1) is 10.2 Å². The van der Waals surface area contributed by atoms with Crippen LogP contribution in [-0.2, 0) is 11.8 Å². The van der Waals surface area contributed by atoms with Crippen LogP contribution in [0.1, 0.15) is 15.9 Å². The lowest BCUT2D eigenvalue weighted by molar-refractivity contribution is -0.113. The largest absolute Gasteiger partial charge is 0.325 e. The molecule has 0 fully saturated rings. The van der Waals surface area contributed by atoms with Gasteiger partial charge < -0.3 is 15.2 Å². The van der Waals surface area contributed by atoms with Crippen LogP contribution in [0, 0.1) is 6.92 Å². The lowest BCUT2D eigenvalue weighted by Crippen LogP contribution is -2.15. The van der Waals surface area contributed by atoms with E-state index in [1.807, 2.05) is 67.1 Å². The van der Waals surface area contributed by atoms with Gasteiger partial charge >= 0.3 is 0 Å². The Morgan fingerprint density at radius 2 is 1.77 bits per heavy atom. The minimum atomic E-state index is -0.200. The highest BCUT2D eigenvalue weighted by Gasteiger charge is 2.15. The first kappa shape index (κ1) is 25.0. The number of nitrogens with zero attached hydrogens (tertiary/aromatic N) is 3. The fourth-order valence-corrected chi connectivity index (χ4v) is 4.63. The number of aromatic nitrogens is 3. The number of hydrogen-bond acceptors (Lipinski definition) is 5. The molecule has 4 aromatic rings. The summed E-state index contributed by atoms with van der Waals surface area (Å²) in [6, 6.07) is 20.0. The molecule has 10 heteroatoms. The molecule has 1 heterocycles. The summed E-state index contributed by atoms with van der Waals surface area (Å²) in [5, 5.41) is 15.4. The average molecular weight is 571 g/mol. The van der Waals surface area contributed by atoms with Crippen molar-refractivity contribution in [2.75, 3.05) is 16.4 Å². The fourth-order valence-electron chi connectivity index (χ4n) is 3.28. The highest BCUT2D eigenvalue weighted by Crippen LogP contribution is 2.25. The summed E-state index contributed by atoms with van der Waals surface area (Å²) in [5.41, 5.74) is 3.68. The molecular weight excluding hydrogens is 550 g/mol. The number of amides is 2. The van der Waals surface area contributed by atoms with Crippen molar-refractivity contribution in [1.82, 2.24) is 14.8 Å². The van der Waals surface area contributed by atoms with E-state index >= 15 is 0 Å². The first-order valence-electron chi connectivity index (χ1n) is 10.6. The number of carbonyl (C=O) groups is 2. The van der Waals surface area contributed by atoms with Crippen LogP contribution in [0.2, 0.25) is 5.02 Å². The first-order chi connectivity index (χ1) is 16.8. The van der Waals surface area contributed by atoms with Gasteiger partial charge in [-0.25, -0.2) is 0 Å². The maximum atomic E-state index is 12.5. The molecular formula is C25H21BrClN5O2S. The van der Waals surface area contributed by atoms with Gasteiger partial charge in [0.05, 0.1) is 11.3 Å². The fraction of sp³-hybridized carbons (Fsp3) is 0.120. The summed E-state index contributed by atoms with van der Waals surface area (Å²) in [7, 11) is 1.85. The summed E-state index contributed by atoms with van der Waals surface area (Å²) >= 11 is 10.7. The van der Waals surface area contributed by atoms with Gasteiger partial charge in [0.2, 0.25) is 5.91 Å². The van der Waals surface area contributed by atoms with Crippen LogP contribution >= 0.6 is 39.3 Å². The van der Waals surface area contributed by atoms with Crippen LogP contribution in [-0.4, -0.2) is 32.3 Å². The second-order valence-electron chi connectivity index (χ2n) is 7.67. The Morgan fingerprint density at radius 1 is 1.03 bits per heavy atom. The Labute approximate surface area is 220 Å². The van der Waals surface area contributed by atoms with E-state index in [4.69, 9.17) is 11.6 Å². The summed E-state index contributed by atoms with van der Waals surface area (Å²) in [4.78, 5) is 24.9. The number of hydrogen-bond donors (Lipinski definition) is 2. The second-order valence-corrected chi connectivity index (χ2v) is 9.91. The monoisotopic (exact) mass is 569 g/mol. The number of aryl methyl sites for hydroxylation is 1. The molecule has 0 spiro atoms. The van der Waals surface area contributed by atoms with Crippen LogP contribution in [0.5, 0.6) is 0 Å². The number of carbonyl (C=O) groups excluding carboxylic acids is 2. The minimum absolute atomic E-state index is 0.157. The molecule has 178 valence electrons. The van der Waals surface area contributed by atoms with Gasteiger partial charge in [-0.2, -0.15) is 0 Å². The number of thioether (sulfide) groups is 1. The lowest BCUT2D eigenvalue weighted by Gasteiger charge is -2.09. The molecule has 0 radical (unpaired) electrons. The number of nitrogens with one attached hydrogen (secondary N) is 2. The zero-order chi connectivity index (χ0) is 24.9. The predicted molar refractivity (Wildman–Crippen MR) is 144 cm³/mol. The Kier molecular flexibility index (Phi) is 7.90. The van der Waals surface area contributed by atoms with Gasteiger partial charge in [0.1, 0.15) is 0 Å². The Bertz CT molecular complexity index is 1390. The van der Waals surface area contributed by atoms with Crippen LogP contribution in [0.25, 0.3) is 11.4 Å². The number of halogens is 2. The van der Waals surface area contributed by atoms with Crippen LogP contribution in [0.15, 0.2) is 76.4 Å². The van der Waals surface area contributed by atoms with Crippen LogP contribution in [0.4, 0.5) is 11.4 Å². The normalized spacial score (nSPS) is 10.7. The van der Waals surface area contributed by atoms with E-state index in [0.29, 0.717) is 32.9 Å². The molecule has 0 saturated carbocycles. The minimum Gasteiger partial charge on any atom is -0.325 e. The zero-order valence-corrected chi connectivity index (χ0v) is 22.0. The van der Waals surface area contributed by atoms with Crippen molar-refractivity contribution >= 4 is 62.5 Å². The van der Waals surface area contributed by atoms with Gasteiger partial charge in [-0.05, 0) is 76.9 Å². The Hall–Kier alpha value is -3.14. The van der Waals surface area contributed by atoms with E-state index in [9.17, 15) is 9.59 Å². The Morgan fingerprint density at radius 3 is 2.51 bits per heavy atom. The average Bonchev–Trinajstić information content (AvgIpc) is 3.21. The van der Waals surface area contributed by atoms with Crippen molar-refractivity contribution in [3.05, 3.63) is 87.4 Å². The van der Waals surface area contributed by atoms with Gasteiger partial charge in [0, 0.05) is 33.5 Å². The zero-order valence-electron chi connectivity index (χ0n) is 18.9. The quantitative estimate of drug-likeness (QED) is 0.259. The third-order valence-corrected chi connectivity index (χ3v) is 7.11. The molecule has 3 aromatic carbocycles. The molecule has 0 bridgehead atoms. The molecule has 35 heavy (non-hydrogen) atoms. The highest BCUT2D eigenvalue weighted by atomic mass is 79.9. The van der Waals surface area contributed by atoms with E-state index in [2.05, 4.69) is 36.8 Å². The maximum Gasteiger partial charge on any atom is 0.256 e. The molecule has 0 aliphatic rings. The summed E-state index contributed by atoms with van der Waals surface area (Å²) in [6.07, 6.45) is 0. The van der Waals surface area contributed by atoms with Gasteiger partial charge in [-0.1, -0.05) is 41.6 Å². The summed E-state index contributed by atoms with van der Waals surface area (Å²) < 4.78 is 2.56. The molecule has 0 saturated heterocycles. The molecule has 0 aliphatic carbocycles. The summed E-state index contributed by atoms with van der Waals surface area (Å²) in [6.45, 7) is 1.91. The van der Waals surface area contributed by atoms with E-state index in [0.717, 1.165) is 15.6 Å². The second kappa shape index (κ2) is 11.1. The number of anilines is 2. The van der Waals surface area contributed by atoms with Gasteiger partial charge in [-0.3, -0.25) is 9.59 Å².